The van der Waals surface area contributed by atoms with Crippen LogP contribution in [-0.4, -0.2) is 24.1 Å². The van der Waals surface area contributed by atoms with Crippen LogP contribution in [0, 0.1) is 0 Å². The molecule has 0 radical (unpaired) electrons. The second-order valence-electron chi connectivity index (χ2n) is 2.86. The maximum absolute atomic E-state index is 4.21. The second-order valence-corrected chi connectivity index (χ2v) is 3.78. The molecule has 64 valence electrons. The number of anilines is 1. The van der Waals surface area contributed by atoms with Crippen LogP contribution in [0.3, 0.4) is 0 Å². The van der Waals surface area contributed by atoms with Crippen LogP contribution in [0.25, 0.3) is 0 Å². The highest BCUT2D eigenvalue weighted by atomic mass is 79.9. The van der Waals surface area contributed by atoms with E-state index in [1.165, 1.54) is 0 Å². The lowest BCUT2D eigenvalue weighted by atomic mass is 10.2. The number of nitrogens with zero attached hydrogens (tertiary/aromatic N) is 1. The highest BCUT2D eigenvalue weighted by Crippen LogP contribution is 2.11. The first-order chi connectivity index (χ1) is 5.84. The van der Waals surface area contributed by atoms with Crippen LogP contribution < -0.4 is 10.6 Å². The predicted molar refractivity (Wildman–Crippen MR) is 52.2 cm³/mol. The van der Waals surface area contributed by atoms with Crippen molar-refractivity contribution in [3.8, 4) is 0 Å². The SMILES string of the molecule is Brc1ccc(NC2CNC2)nc1. The van der Waals surface area contributed by atoms with Crippen LogP contribution in [0.1, 0.15) is 0 Å². The van der Waals surface area contributed by atoms with Gasteiger partial charge in [-0.3, -0.25) is 0 Å². The molecule has 12 heavy (non-hydrogen) atoms. The fourth-order valence-corrected chi connectivity index (χ4v) is 1.30. The van der Waals surface area contributed by atoms with Crippen LogP contribution in [0.4, 0.5) is 5.82 Å². The van der Waals surface area contributed by atoms with E-state index in [4.69, 9.17) is 0 Å². The van der Waals surface area contributed by atoms with Gasteiger partial charge >= 0.3 is 0 Å². The van der Waals surface area contributed by atoms with Crippen molar-refractivity contribution in [3.63, 3.8) is 0 Å². The Labute approximate surface area is 79.7 Å². The van der Waals surface area contributed by atoms with Gasteiger partial charge < -0.3 is 10.6 Å². The average Bonchev–Trinajstić information content (AvgIpc) is 2.00. The van der Waals surface area contributed by atoms with Gasteiger partial charge in [0.2, 0.25) is 0 Å². The third-order valence-corrected chi connectivity index (χ3v) is 2.33. The summed E-state index contributed by atoms with van der Waals surface area (Å²) in [5.41, 5.74) is 0. The molecule has 2 heterocycles. The standard InChI is InChI=1S/C8H10BrN3/c9-6-1-2-8(11-3-6)12-7-4-10-5-7/h1-3,7,10H,4-5H2,(H,11,12). The van der Waals surface area contributed by atoms with Gasteiger partial charge in [-0.2, -0.15) is 0 Å². The van der Waals surface area contributed by atoms with E-state index in [0.717, 1.165) is 23.4 Å². The highest BCUT2D eigenvalue weighted by molar-refractivity contribution is 9.10. The molecular formula is C8H10BrN3. The minimum absolute atomic E-state index is 0.554. The Kier molecular flexibility index (Phi) is 2.28. The maximum atomic E-state index is 4.21. The molecule has 2 N–H and O–H groups in total. The van der Waals surface area contributed by atoms with E-state index < -0.39 is 0 Å². The molecule has 1 aliphatic heterocycles. The number of nitrogens with one attached hydrogen (secondary N) is 2. The first kappa shape index (κ1) is 8.01. The molecule has 1 aromatic heterocycles. The number of aromatic nitrogens is 1. The minimum atomic E-state index is 0.554. The normalized spacial score (nSPS) is 17.1. The molecule has 3 nitrogen and oxygen atoms in total. The Morgan fingerprint density at radius 1 is 1.50 bits per heavy atom. The minimum Gasteiger partial charge on any atom is -0.365 e. The van der Waals surface area contributed by atoms with Crippen molar-refractivity contribution in [3.05, 3.63) is 22.8 Å². The van der Waals surface area contributed by atoms with Crippen molar-refractivity contribution in [2.24, 2.45) is 0 Å². The maximum Gasteiger partial charge on any atom is 0.126 e. The summed E-state index contributed by atoms with van der Waals surface area (Å²) >= 11 is 3.34. The molecule has 2 rings (SSSR count). The van der Waals surface area contributed by atoms with Gasteiger partial charge in [-0.25, -0.2) is 4.98 Å². The van der Waals surface area contributed by atoms with Crippen molar-refractivity contribution in [1.82, 2.24) is 10.3 Å². The monoisotopic (exact) mass is 227 g/mol. The number of pyridine rings is 1. The number of halogens is 1. The number of hydrogen-bond donors (Lipinski definition) is 2. The van der Waals surface area contributed by atoms with E-state index in [1.54, 1.807) is 6.20 Å². The predicted octanol–water partition coefficient (Wildman–Crippen LogP) is 1.23. The van der Waals surface area contributed by atoms with Gasteiger partial charge in [0.25, 0.3) is 0 Å². The second kappa shape index (κ2) is 3.41. The Morgan fingerprint density at radius 3 is 2.83 bits per heavy atom. The quantitative estimate of drug-likeness (QED) is 0.799. The molecular weight excluding hydrogens is 218 g/mol. The molecule has 1 fully saturated rings. The molecule has 4 heteroatoms. The summed E-state index contributed by atoms with van der Waals surface area (Å²) in [6, 6.07) is 4.52. The van der Waals surface area contributed by atoms with Gasteiger partial charge in [0.05, 0.1) is 6.04 Å². The van der Waals surface area contributed by atoms with E-state index in [1.807, 2.05) is 12.1 Å². The zero-order chi connectivity index (χ0) is 8.39. The van der Waals surface area contributed by atoms with E-state index in [0.29, 0.717) is 6.04 Å². The molecule has 0 bridgehead atoms. The van der Waals surface area contributed by atoms with Gasteiger partial charge in [-0.15, -0.1) is 0 Å². The first-order valence-electron chi connectivity index (χ1n) is 3.93. The number of hydrogen-bond acceptors (Lipinski definition) is 3. The zero-order valence-electron chi connectivity index (χ0n) is 6.55. The Morgan fingerprint density at radius 2 is 2.33 bits per heavy atom. The molecule has 1 aliphatic rings. The number of rotatable bonds is 2. The van der Waals surface area contributed by atoms with Crippen LogP contribution in [0.2, 0.25) is 0 Å². The largest absolute Gasteiger partial charge is 0.365 e. The summed E-state index contributed by atoms with van der Waals surface area (Å²) in [5.74, 6) is 0.949. The lowest BCUT2D eigenvalue weighted by Gasteiger charge is -2.28. The molecule has 1 saturated heterocycles. The Bertz CT molecular complexity index is 256. The highest BCUT2D eigenvalue weighted by Gasteiger charge is 2.15. The fraction of sp³-hybridized carbons (Fsp3) is 0.375. The van der Waals surface area contributed by atoms with E-state index in [9.17, 15) is 0 Å². The van der Waals surface area contributed by atoms with Crippen molar-refractivity contribution < 1.29 is 0 Å². The van der Waals surface area contributed by atoms with Crippen LogP contribution in [-0.2, 0) is 0 Å². The zero-order valence-corrected chi connectivity index (χ0v) is 8.13. The molecule has 0 saturated carbocycles. The molecule has 0 aliphatic carbocycles. The van der Waals surface area contributed by atoms with Gasteiger partial charge in [-0.1, -0.05) is 0 Å². The van der Waals surface area contributed by atoms with Crippen molar-refractivity contribution in [1.29, 1.82) is 0 Å². The molecule has 0 unspecified atom stereocenters. The Balaban J connectivity index is 1.98. The Hall–Kier alpha value is -0.610. The molecule has 0 atom stereocenters. The summed E-state index contributed by atoms with van der Waals surface area (Å²) in [6.07, 6.45) is 1.80. The van der Waals surface area contributed by atoms with Crippen LogP contribution in [0.15, 0.2) is 22.8 Å². The molecule has 0 spiro atoms. The summed E-state index contributed by atoms with van der Waals surface area (Å²) in [4.78, 5) is 4.21. The summed E-state index contributed by atoms with van der Waals surface area (Å²) in [5, 5.41) is 6.50. The summed E-state index contributed by atoms with van der Waals surface area (Å²) < 4.78 is 1.01. The smallest absolute Gasteiger partial charge is 0.126 e. The fourth-order valence-electron chi connectivity index (χ4n) is 1.06. The van der Waals surface area contributed by atoms with Crippen molar-refractivity contribution in [2.75, 3.05) is 18.4 Å². The first-order valence-corrected chi connectivity index (χ1v) is 4.73. The molecule has 0 aromatic carbocycles. The van der Waals surface area contributed by atoms with Crippen molar-refractivity contribution in [2.45, 2.75) is 6.04 Å². The van der Waals surface area contributed by atoms with Crippen LogP contribution in [0.5, 0.6) is 0 Å². The summed E-state index contributed by atoms with van der Waals surface area (Å²) in [6.45, 7) is 2.08. The van der Waals surface area contributed by atoms with Crippen molar-refractivity contribution >= 4 is 21.7 Å². The van der Waals surface area contributed by atoms with Gasteiger partial charge in [0.15, 0.2) is 0 Å². The van der Waals surface area contributed by atoms with Gasteiger partial charge in [-0.05, 0) is 28.1 Å². The van der Waals surface area contributed by atoms with E-state index >= 15 is 0 Å². The molecule has 0 amide bonds. The van der Waals surface area contributed by atoms with Gasteiger partial charge in [0.1, 0.15) is 5.82 Å². The lowest BCUT2D eigenvalue weighted by molar-refractivity contribution is 0.471. The lowest BCUT2D eigenvalue weighted by Crippen LogP contribution is -2.51. The topological polar surface area (TPSA) is 37.0 Å². The third-order valence-electron chi connectivity index (χ3n) is 1.86. The third kappa shape index (κ3) is 1.76. The van der Waals surface area contributed by atoms with Gasteiger partial charge in [0, 0.05) is 23.8 Å². The van der Waals surface area contributed by atoms with E-state index in [-0.39, 0.29) is 0 Å². The van der Waals surface area contributed by atoms with E-state index in [2.05, 4.69) is 31.5 Å². The summed E-state index contributed by atoms with van der Waals surface area (Å²) in [7, 11) is 0. The molecule has 1 aromatic rings. The average molecular weight is 228 g/mol. The van der Waals surface area contributed by atoms with Crippen LogP contribution >= 0.6 is 15.9 Å².